The molecule has 2 aromatic carbocycles. The molecule has 1 aliphatic rings. The second-order valence-electron chi connectivity index (χ2n) is 7.97. The Bertz CT molecular complexity index is 1120. The van der Waals surface area contributed by atoms with Crippen molar-refractivity contribution in [3.05, 3.63) is 65.2 Å². The number of phenolic OH excluding ortho intramolecular Hbond substituents is 1. The standard InChI is InChI=1S/C24H25NO8S/c26-10-19-21(29)23(31)22(30)20(33-19)11-32-15-6-7-16(18(28)9-15)17(27)8-14-12-34-24(25-14)13-4-2-1-3-5-13/h1-7,9,12,19-23,26,28-31H,8,10-11H2. The molecule has 34 heavy (non-hydrogen) atoms. The number of phenols is 1. The Morgan fingerprint density at radius 1 is 1.03 bits per heavy atom. The highest BCUT2D eigenvalue weighted by atomic mass is 32.1. The van der Waals surface area contributed by atoms with E-state index in [0.717, 1.165) is 10.6 Å². The van der Waals surface area contributed by atoms with Gasteiger partial charge in [0.05, 0.1) is 24.3 Å². The number of hydrogen-bond donors (Lipinski definition) is 5. The Labute approximate surface area is 199 Å². The van der Waals surface area contributed by atoms with Crippen LogP contribution in [-0.2, 0) is 11.2 Å². The topological polar surface area (TPSA) is 150 Å². The molecule has 2 heterocycles. The second kappa shape index (κ2) is 10.6. The molecule has 1 saturated heterocycles. The van der Waals surface area contributed by atoms with Crippen LogP contribution in [0.25, 0.3) is 10.6 Å². The minimum atomic E-state index is -1.50. The van der Waals surface area contributed by atoms with E-state index in [9.17, 15) is 30.3 Å². The quantitative estimate of drug-likeness (QED) is 0.295. The van der Waals surface area contributed by atoms with E-state index in [0.29, 0.717) is 5.69 Å². The van der Waals surface area contributed by atoms with Gasteiger partial charge in [-0.15, -0.1) is 11.3 Å². The van der Waals surface area contributed by atoms with Crippen LogP contribution in [0.5, 0.6) is 11.5 Å². The largest absolute Gasteiger partial charge is 0.507 e. The van der Waals surface area contributed by atoms with Crippen molar-refractivity contribution >= 4 is 17.1 Å². The van der Waals surface area contributed by atoms with Crippen LogP contribution >= 0.6 is 11.3 Å². The maximum atomic E-state index is 12.7. The molecule has 180 valence electrons. The van der Waals surface area contributed by atoms with Crippen molar-refractivity contribution in [2.45, 2.75) is 36.9 Å². The van der Waals surface area contributed by atoms with Crippen LogP contribution in [0.15, 0.2) is 53.9 Å². The average Bonchev–Trinajstić information content (AvgIpc) is 3.31. The van der Waals surface area contributed by atoms with Gasteiger partial charge >= 0.3 is 0 Å². The first-order valence-electron chi connectivity index (χ1n) is 10.7. The van der Waals surface area contributed by atoms with Crippen molar-refractivity contribution in [2.24, 2.45) is 0 Å². The van der Waals surface area contributed by atoms with Crippen molar-refractivity contribution in [2.75, 3.05) is 13.2 Å². The number of Topliss-reactive ketones (excluding diaryl/α,β-unsaturated/α-hetero) is 1. The third-order valence-corrected chi connectivity index (χ3v) is 6.53. The van der Waals surface area contributed by atoms with Crippen LogP contribution in [0.2, 0.25) is 0 Å². The average molecular weight is 488 g/mol. The summed E-state index contributed by atoms with van der Waals surface area (Å²) in [7, 11) is 0. The number of nitrogens with zero attached hydrogens (tertiary/aromatic N) is 1. The number of aromatic hydroxyl groups is 1. The highest BCUT2D eigenvalue weighted by Gasteiger charge is 2.43. The summed E-state index contributed by atoms with van der Waals surface area (Å²) in [6.45, 7) is -0.750. The fourth-order valence-electron chi connectivity index (χ4n) is 3.69. The molecule has 0 amide bonds. The number of ketones is 1. The van der Waals surface area contributed by atoms with Gasteiger partial charge in [0.25, 0.3) is 0 Å². The van der Waals surface area contributed by atoms with Crippen LogP contribution < -0.4 is 4.74 Å². The predicted octanol–water partition coefficient (Wildman–Crippen LogP) is 1.16. The number of carbonyl (C=O) groups excluding carboxylic acids is 1. The van der Waals surface area contributed by atoms with Crippen LogP contribution in [0.3, 0.4) is 0 Å². The summed E-state index contributed by atoms with van der Waals surface area (Å²) in [5, 5.41) is 52.0. The van der Waals surface area contributed by atoms with Crippen molar-refractivity contribution in [3.63, 3.8) is 0 Å². The zero-order chi connectivity index (χ0) is 24.2. The summed E-state index contributed by atoms with van der Waals surface area (Å²) in [4.78, 5) is 17.2. The highest BCUT2D eigenvalue weighted by Crippen LogP contribution is 2.28. The Morgan fingerprint density at radius 3 is 2.47 bits per heavy atom. The molecule has 5 unspecified atom stereocenters. The number of carbonyl (C=O) groups is 1. The van der Waals surface area contributed by atoms with Gasteiger partial charge in [-0.2, -0.15) is 0 Å². The van der Waals surface area contributed by atoms with E-state index in [1.54, 1.807) is 0 Å². The maximum Gasteiger partial charge on any atom is 0.172 e. The van der Waals surface area contributed by atoms with E-state index in [4.69, 9.17) is 9.47 Å². The molecule has 0 radical (unpaired) electrons. The normalized spacial score (nSPS) is 24.6. The van der Waals surface area contributed by atoms with Crippen LogP contribution in [0.4, 0.5) is 0 Å². The number of rotatable bonds is 8. The molecular weight excluding hydrogens is 462 g/mol. The predicted molar refractivity (Wildman–Crippen MR) is 123 cm³/mol. The van der Waals surface area contributed by atoms with Gasteiger partial charge < -0.3 is 35.0 Å². The fraction of sp³-hybridized carbons (Fsp3) is 0.333. The molecule has 5 N–H and O–H groups in total. The van der Waals surface area contributed by atoms with E-state index in [1.807, 2.05) is 35.7 Å². The fourth-order valence-corrected chi connectivity index (χ4v) is 4.52. The third kappa shape index (κ3) is 5.27. The van der Waals surface area contributed by atoms with Crippen molar-refractivity contribution in [1.82, 2.24) is 4.98 Å². The van der Waals surface area contributed by atoms with Gasteiger partial charge in [0, 0.05) is 17.0 Å². The number of hydrogen-bond acceptors (Lipinski definition) is 10. The Morgan fingerprint density at radius 2 is 1.76 bits per heavy atom. The van der Waals surface area contributed by atoms with Gasteiger partial charge in [-0.1, -0.05) is 30.3 Å². The summed E-state index contributed by atoms with van der Waals surface area (Å²) < 4.78 is 10.9. The summed E-state index contributed by atoms with van der Waals surface area (Å²) >= 11 is 1.44. The van der Waals surface area contributed by atoms with Gasteiger partial charge in [0.15, 0.2) is 5.78 Å². The van der Waals surface area contributed by atoms with E-state index >= 15 is 0 Å². The van der Waals surface area contributed by atoms with Gasteiger partial charge in [0.2, 0.25) is 0 Å². The van der Waals surface area contributed by atoms with Crippen LogP contribution in [-0.4, -0.2) is 80.0 Å². The first-order chi connectivity index (χ1) is 16.4. The number of thiazole rings is 1. The summed E-state index contributed by atoms with van der Waals surface area (Å²) in [6, 6.07) is 13.8. The number of aliphatic hydroxyl groups excluding tert-OH is 4. The van der Waals surface area contributed by atoms with Gasteiger partial charge in [0.1, 0.15) is 53.6 Å². The van der Waals surface area contributed by atoms with Gasteiger partial charge in [-0.25, -0.2) is 4.98 Å². The Hall–Kier alpha value is -2.86. The van der Waals surface area contributed by atoms with E-state index in [1.165, 1.54) is 29.5 Å². The smallest absolute Gasteiger partial charge is 0.172 e. The third-order valence-electron chi connectivity index (χ3n) is 5.59. The van der Waals surface area contributed by atoms with Crippen LogP contribution in [0, 0.1) is 0 Å². The first kappa shape index (κ1) is 24.3. The Balaban J connectivity index is 1.37. The van der Waals surface area contributed by atoms with E-state index in [2.05, 4.69) is 4.98 Å². The molecule has 0 saturated carbocycles. The lowest BCUT2D eigenvalue weighted by Crippen LogP contribution is -2.59. The molecule has 10 heteroatoms. The minimum absolute atomic E-state index is 0.0297. The zero-order valence-electron chi connectivity index (χ0n) is 18.0. The molecule has 0 spiro atoms. The first-order valence-corrected chi connectivity index (χ1v) is 11.5. The number of aliphatic hydroxyl groups is 4. The van der Waals surface area contributed by atoms with Gasteiger partial charge in [-0.05, 0) is 12.1 Å². The molecule has 5 atom stereocenters. The summed E-state index contributed by atoms with van der Waals surface area (Å²) in [6.07, 6.45) is -6.39. The van der Waals surface area contributed by atoms with E-state index < -0.39 is 37.1 Å². The highest BCUT2D eigenvalue weighted by molar-refractivity contribution is 7.13. The summed E-state index contributed by atoms with van der Waals surface area (Å²) in [5.74, 6) is -0.358. The lowest BCUT2D eigenvalue weighted by Gasteiger charge is -2.39. The Kier molecular flexibility index (Phi) is 7.57. The number of benzene rings is 2. The zero-order valence-corrected chi connectivity index (χ0v) is 18.8. The van der Waals surface area contributed by atoms with Crippen molar-refractivity contribution in [3.8, 4) is 22.1 Å². The molecular formula is C24H25NO8S. The molecule has 1 aromatic heterocycles. The summed E-state index contributed by atoms with van der Waals surface area (Å²) in [5.41, 5.74) is 1.69. The molecule has 0 bridgehead atoms. The molecule has 9 nitrogen and oxygen atoms in total. The van der Waals surface area contributed by atoms with Crippen LogP contribution in [0.1, 0.15) is 16.1 Å². The van der Waals surface area contributed by atoms with Gasteiger partial charge in [-0.3, -0.25) is 4.79 Å². The maximum absolute atomic E-state index is 12.7. The SMILES string of the molecule is O=C(Cc1csc(-c2ccccc2)n1)c1ccc(OCC2OC(CO)C(O)C(O)C2O)cc1O. The second-order valence-corrected chi connectivity index (χ2v) is 8.83. The number of ether oxygens (including phenoxy) is 2. The van der Waals surface area contributed by atoms with E-state index in [-0.39, 0.29) is 35.9 Å². The monoisotopic (exact) mass is 487 g/mol. The molecule has 1 fully saturated rings. The van der Waals surface area contributed by atoms with Crippen molar-refractivity contribution < 1.29 is 39.8 Å². The molecule has 0 aliphatic carbocycles. The molecule has 4 rings (SSSR count). The van der Waals surface area contributed by atoms with Crippen molar-refractivity contribution in [1.29, 1.82) is 0 Å². The molecule has 1 aliphatic heterocycles. The number of aromatic nitrogens is 1. The molecule has 3 aromatic rings. The lowest BCUT2D eigenvalue weighted by molar-refractivity contribution is -0.234. The minimum Gasteiger partial charge on any atom is -0.507 e. The lowest BCUT2D eigenvalue weighted by atomic mass is 9.95.